The van der Waals surface area contributed by atoms with E-state index in [0.29, 0.717) is 22.8 Å². The summed E-state index contributed by atoms with van der Waals surface area (Å²) >= 11 is 0. The van der Waals surface area contributed by atoms with Crippen molar-refractivity contribution in [3.63, 3.8) is 0 Å². The molecule has 1 aromatic rings. The van der Waals surface area contributed by atoms with Crippen molar-refractivity contribution in [2.24, 2.45) is 17.4 Å². The lowest BCUT2D eigenvalue weighted by Gasteiger charge is -2.45. The summed E-state index contributed by atoms with van der Waals surface area (Å²) in [6.07, 6.45) is 8.72. The number of carbonyl (C=O) groups excluding carboxylic acids is 1. The first kappa shape index (κ1) is 16.8. The van der Waals surface area contributed by atoms with Gasteiger partial charge in [0, 0.05) is 24.2 Å². The molecule has 2 aliphatic heterocycles. The van der Waals surface area contributed by atoms with Crippen LogP contribution in [0.1, 0.15) is 25.7 Å². The van der Waals surface area contributed by atoms with Crippen molar-refractivity contribution >= 4 is 5.91 Å². The van der Waals surface area contributed by atoms with E-state index >= 15 is 0 Å². The number of amides is 1. The largest absolute Gasteiger partial charge is 0.463 e. The molecule has 1 unspecified atom stereocenters. The number of dihydropyridines is 1. The number of nitrogens with one attached hydrogen (secondary N) is 1. The van der Waals surface area contributed by atoms with Gasteiger partial charge in [-0.15, -0.1) is 0 Å². The average molecular weight is 357 g/mol. The molecule has 0 spiro atoms. The first-order chi connectivity index (χ1) is 12.6. The van der Waals surface area contributed by atoms with Crippen LogP contribution in [-0.2, 0) is 4.79 Å². The Balaban J connectivity index is 1.70. The van der Waals surface area contributed by atoms with Crippen molar-refractivity contribution in [3.05, 3.63) is 42.1 Å². The van der Waals surface area contributed by atoms with Gasteiger partial charge in [-0.1, -0.05) is 0 Å². The quantitative estimate of drug-likeness (QED) is 0.754. The number of allylic oxidation sites excluding steroid dienone is 2. The predicted molar refractivity (Wildman–Crippen MR) is 95.4 cm³/mol. The molecule has 7 nitrogen and oxygen atoms in total. The molecule has 2 heterocycles. The molecule has 0 aromatic heterocycles. The van der Waals surface area contributed by atoms with Gasteiger partial charge in [0.05, 0.1) is 5.57 Å². The Morgan fingerprint density at radius 1 is 1.19 bits per heavy atom. The van der Waals surface area contributed by atoms with Crippen LogP contribution in [0.15, 0.2) is 42.1 Å². The molecule has 1 aliphatic carbocycles. The van der Waals surface area contributed by atoms with Crippen molar-refractivity contribution in [1.29, 1.82) is 0 Å². The summed E-state index contributed by atoms with van der Waals surface area (Å²) in [4.78, 5) is 12.2. The highest BCUT2D eigenvalue weighted by Gasteiger charge is 2.48. The third-order valence-electron chi connectivity index (χ3n) is 5.29. The maximum Gasteiger partial charge on any atom is 0.250 e. The van der Waals surface area contributed by atoms with Crippen LogP contribution in [-0.4, -0.2) is 24.5 Å². The third-order valence-corrected chi connectivity index (χ3v) is 5.29. The Morgan fingerprint density at radius 2 is 1.96 bits per heavy atom. The predicted octanol–water partition coefficient (Wildman–Crippen LogP) is 1.54. The van der Waals surface area contributed by atoms with Crippen molar-refractivity contribution in [2.75, 3.05) is 6.79 Å². The molecule has 1 atom stereocenters. The molecule has 0 bridgehead atoms. The van der Waals surface area contributed by atoms with E-state index in [1.165, 1.54) is 0 Å². The van der Waals surface area contributed by atoms with Crippen LogP contribution in [0.5, 0.6) is 17.2 Å². The molecular formula is C19H23N3O4. The van der Waals surface area contributed by atoms with Crippen LogP contribution in [0.25, 0.3) is 0 Å². The Morgan fingerprint density at radius 3 is 2.73 bits per heavy atom. The molecule has 1 fully saturated rings. The molecule has 1 amide bonds. The Hall–Kier alpha value is -2.67. The van der Waals surface area contributed by atoms with Crippen LogP contribution in [0, 0.1) is 5.92 Å². The standard InChI is InChI=1S/C19H23N3O4/c20-13-5-3-12(4-6-13)19(15(18(21)23)2-1-9-22-19)26-14-7-8-16-17(10-14)25-11-24-16/h1-2,7-10,12-13,22H,3-6,11,20H2,(H2,21,23). The SMILES string of the molecule is NC(=O)C1=CC=CNC1(Oc1ccc2c(c1)OCO2)C1CCC(N)CC1. The molecule has 0 radical (unpaired) electrons. The van der Waals surface area contributed by atoms with Crippen molar-refractivity contribution in [1.82, 2.24) is 5.32 Å². The first-order valence-electron chi connectivity index (χ1n) is 8.87. The second-order valence-electron chi connectivity index (χ2n) is 6.91. The highest BCUT2D eigenvalue weighted by molar-refractivity contribution is 5.94. The third kappa shape index (κ3) is 2.88. The molecule has 1 aromatic carbocycles. The van der Waals surface area contributed by atoms with E-state index in [4.69, 9.17) is 25.7 Å². The summed E-state index contributed by atoms with van der Waals surface area (Å²) in [5.41, 5.74) is 11.2. The Bertz CT molecular complexity index is 768. The number of hydrogen-bond acceptors (Lipinski definition) is 6. The molecule has 5 N–H and O–H groups in total. The molecule has 138 valence electrons. The number of carbonyl (C=O) groups is 1. The number of ether oxygens (including phenoxy) is 3. The van der Waals surface area contributed by atoms with Gasteiger partial charge in [0.2, 0.25) is 12.5 Å². The number of primary amides is 1. The van der Waals surface area contributed by atoms with E-state index in [-0.39, 0.29) is 18.8 Å². The van der Waals surface area contributed by atoms with Crippen LogP contribution < -0.4 is 31.0 Å². The van der Waals surface area contributed by atoms with Crippen LogP contribution >= 0.6 is 0 Å². The molecule has 4 rings (SSSR count). The lowest BCUT2D eigenvalue weighted by molar-refractivity contribution is -0.118. The highest BCUT2D eigenvalue weighted by Crippen LogP contribution is 2.42. The summed E-state index contributed by atoms with van der Waals surface area (Å²) in [5, 5.41) is 3.28. The topological polar surface area (TPSA) is 109 Å². The van der Waals surface area contributed by atoms with E-state index in [2.05, 4.69) is 5.32 Å². The van der Waals surface area contributed by atoms with Gasteiger partial charge >= 0.3 is 0 Å². The fourth-order valence-corrected chi connectivity index (χ4v) is 3.94. The summed E-state index contributed by atoms with van der Waals surface area (Å²) in [7, 11) is 0. The lowest BCUT2D eigenvalue weighted by Crippen LogP contribution is -2.59. The number of nitrogens with two attached hydrogens (primary N) is 2. The summed E-state index contributed by atoms with van der Waals surface area (Å²) in [6.45, 7) is 0.192. The minimum atomic E-state index is -1.02. The summed E-state index contributed by atoms with van der Waals surface area (Å²) < 4.78 is 17.2. The fraction of sp³-hybridized carbons (Fsp3) is 0.421. The van der Waals surface area contributed by atoms with E-state index < -0.39 is 11.6 Å². The van der Waals surface area contributed by atoms with Gasteiger partial charge in [-0.05, 0) is 50.0 Å². The van der Waals surface area contributed by atoms with E-state index in [1.54, 1.807) is 30.5 Å². The zero-order valence-electron chi connectivity index (χ0n) is 14.4. The number of fused-ring (bicyclic) bond motifs is 1. The van der Waals surface area contributed by atoms with Gasteiger partial charge in [-0.3, -0.25) is 4.79 Å². The second-order valence-corrected chi connectivity index (χ2v) is 6.91. The van der Waals surface area contributed by atoms with Crippen molar-refractivity contribution < 1.29 is 19.0 Å². The molecule has 3 aliphatic rings. The molecular weight excluding hydrogens is 334 g/mol. The summed E-state index contributed by atoms with van der Waals surface area (Å²) in [6, 6.07) is 5.57. The maximum absolute atomic E-state index is 12.2. The fourth-order valence-electron chi connectivity index (χ4n) is 3.94. The Kier molecular flexibility index (Phi) is 4.24. The van der Waals surface area contributed by atoms with Gasteiger partial charge in [0.1, 0.15) is 5.75 Å². The minimum Gasteiger partial charge on any atom is -0.463 e. The monoisotopic (exact) mass is 357 g/mol. The lowest BCUT2D eigenvalue weighted by atomic mass is 9.75. The zero-order chi connectivity index (χ0) is 18.1. The molecule has 26 heavy (non-hydrogen) atoms. The van der Waals surface area contributed by atoms with E-state index in [9.17, 15) is 4.79 Å². The van der Waals surface area contributed by atoms with Gasteiger partial charge in [-0.2, -0.15) is 0 Å². The van der Waals surface area contributed by atoms with Crippen LogP contribution in [0.4, 0.5) is 0 Å². The first-order valence-corrected chi connectivity index (χ1v) is 8.87. The van der Waals surface area contributed by atoms with Gasteiger partial charge in [0.25, 0.3) is 5.91 Å². The van der Waals surface area contributed by atoms with E-state index in [1.807, 2.05) is 6.07 Å². The smallest absolute Gasteiger partial charge is 0.250 e. The van der Waals surface area contributed by atoms with Crippen LogP contribution in [0.3, 0.4) is 0 Å². The average Bonchev–Trinajstić information content (AvgIpc) is 3.10. The van der Waals surface area contributed by atoms with Crippen LogP contribution in [0.2, 0.25) is 0 Å². The number of benzene rings is 1. The molecule has 0 saturated heterocycles. The normalized spacial score (nSPS) is 29.7. The Labute approximate surface area is 152 Å². The number of hydrogen-bond donors (Lipinski definition) is 3. The zero-order valence-corrected chi connectivity index (χ0v) is 14.4. The van der Waals surface area contributed by atoms with Gasteiger partial charge in [0.15, 0.2) is 11.5 Å². The number of rotatable bonds is 4. The molecule has 1 saturated carbocycles. The van der Waals surface area contributed by atoms with Gasteiger partial charge in [-0.25, -0.2) is 0 Å². The second kappa shape index (κ2) is 6.57. The highest BCUT2D eigenvalue weighted by atomic mass is 16.7. The minimum absolute atomic E-state index is 0.0661. The molecule has 7 heteroatoms. The van der Waals surface area contributed by atoms with Crippen molar-refractivity contribution in [2.45, 2.75) is 37.5 Å². The maximum atomic E-state index is 12.2. The van der Waals surface area contributed by atoms with E-state index in [0.717, 1.165) is 25.7 Å². The summed E-state index contributed by atoms with van der Waals surface area (Å²) in [5.74, 6) is 1.45. The van der Waals surface area contributed by atoms with Gasteiger partial charge < -0.3 is 31.0 Å². The van der Waals surface area contributed by atoms with Crippen molar-refractivity contribution in [3.8, 4) is 17.2 Å².